The van der Waals surface area contributed by atoms with Crippen LogP contribution in [0.25, 0.3) is 0 Å². The SMILES string of the molecule is Cc1ccc(CNC(=O)N2CCC(C(C)O)CC2)s1. The number of rotatable bonds is 3. The van der Waals surface area contributed by atoms with E-state index in [4.69, 9.17) is 0 Å². The molecule has 5 heteroatoms. The monoisotopic (exact) mass is 282 g/mol. The summed E-state index contributed by atoms with van der Waals surface area (Å²) >= 11 is 1.71. The van der Waals surface area contributed by atoms with Crippen molar-refractivity contribution in [2.24, 2.45) is 5.92 Å². The Kier molecular flexibility index (Phi) is 4.82. The van der Waals surface area contributed by atoms with Gasteiger partial charge in [0.25, 0.3) is 0 Å². The number of hydrogen-bond acceptors (Lipinski definition) is 3. The first-order valence-electron chi connectivity index (χ1n) is 6.82. The molecule has 2 N–H and O–H groups in total. The van der Waals surface area contributed by atoms with Crippen LogP contribution in [-0.2, 0) is 6.54 Å². The summed E-state index contributed by atoms with van der Waals surface area (Å²) in [6.45, 7) is 5.99. The molecule has 1 atom stereocenters. The standard InChI is InChI=1S/C14H22N2O2S/c1-10-3-4-13(19-10)9-15-14(18)16-7-5-12(6-8-16)11(2)17/h3-4,11-12,17H,5-9H2,1-2H3,(H,15,18). The molecule has 2 amide bonds. The number of carbonyl (C=O) groups excluding carboxylic acids is 1. The normalized spacial score (nSPS) is 18.4. The summed E-state index contributed by atoms with van der Waals surface area (Å²) in [6, 6.07) is 4.13. The molecule has 0 spiro atoms. The largest absolute Gasteiger partial charge is 0.393 e. The number of aliphatic hydroxyl groups is 1. The van der Waals surface area contributed by atoms with Gasteiger partial charge in [0.15, 0.2) is 0 Å². The predicted molar refractivity (Wildman–Crippen MR) is 77.3 cm³/mol. The molecule has 106 valence electrons. The van der Waals surface area contributed by atoms with E-state index in [-0.39, 0.29) is 12.1 Å². The Morgan fingerprint density at radius 2 is 2.21 bits per heavy atom. The average Bonchev–Trinajstić information content (AvgIpc) is 2.82. The zero-order chi connectivity index (χ0) is 13.8. The van der Waals surface area contributed by atoms with Crippen molar-refractivity contribution >= 4 is 17.4 Å². The van der Waals surface area contributed by atoms with E-state index in [2.05, 4.69) is 24.4 Å². The van der Waals surface area contributed by atoms with Crippen LogP contribution in [0.3, 0.4) is 0 Å². The summed E-state index contributed by atoms with van der Waals surface area (Å²) < 4.78 is 0. The van der Waals surface area contributed by atoms with E-state index >= 15 is 0 Å². The molecular formula is C14H22N2O2S. The van der Waals surface area contributed by atoms with Gasteiger partial charge in [-0.25, -0.2) is 4.79 Å². The number of thiophene rings is 1. The fourth-order valence-corrected chi connectivity index (χ4v) is 3.27. The number of piperidine rings is 1. The highest BCUT2D eigenvalue weighted by Crippen LogP contribution is 2.20. The minimum atomic E-state index is -0.265. The maximum absolute atomic E-state index is 12.0. The maximum Gasteiger partial charge on any atom is 0.317 e. The molecular weight excluding hydrogens is 260 g/mol. The van der Waals surface area contributed by atoms with Gasteiger partial charge in [0, 0.05) is 22.8 Å². The Balaban J connectivity index is 1.75. The van der Waals surface area contributed by atoms with Crippen molar-refractivity contribution in [1.29, 1.82) is 0 Å². The molecule has 1 aromatic heterocycles. The Morgan fingerprint density at radius 1 is 1.53 bits per heavy atom. The van der Waals surface area contributed by atoms with Gasteiger partial charge in [-0.1, -0.05) is 0 Å². The maximum atomic E-state index is 12.0. The molecule has 19 heavy (non-hydrogen) atoms. The molecule has 0 saturated carbocycles. The number of amides is 2. The van der Waals surface area contributed by atoms with Crippen LogP contribution >= 0.6 is 11.3 Å². The molecule has 4 nitrogen and oxygen atoms in total. The summed E-state index contributed by atoms with van der Waals surface area (Å²) in [4.78, 5) is 16.3. The first-order chi connectivity index (χ1) is 9.06. The van der Waals surface area contributed by atoms with Crippen LogP contribution in [-0.4, -0.2) is 35.2 Å². The Labute approximate surface area is 118 Å². The second kappa shape index (κ2) is 6.39. The molecule has 0 aromatic carbocycles. The molecule has 0 aliphatic carbocycles. The van der Waals surface area contributed by atoms with E-state index < -0.39 is 0 Å². The number of hydrogen-bond donors (Lipinski definition) is 2. The number of aryl methyl sites for hydroxylation is 1. The van der Waals surface area contributed by atoms with Crippen molar-refractivity contribution in [3.05, 3.63) is 21.9 Å². The highest BCUT2D eigenvalue weighted by atomic mass is 32.1. The minimum absolute atomic E-state index is 0.00935. The van der Waals surface area contributed by atoms with Crippen molar-refractivity contribution in [2.45, 2.75) is 39.3 Å². The summed E-state index contributed by atoms with van der Waals surface area (Å²) in [6.07, 6.45) is 1.52. The van der Waals surface area contributed by atoms with E-state index in [0.29, 0.717) is 12.5 Å². The Morgan fingerprint density at radius 3 is 2.74 bits per heavy atom. The zero-order valence-electron chi connectivity index (χ0n) is 11.6. The van der Waals surface area contributed by atoms with Gasteiger partial charge >= 0.3 is 6.03 Å². The predicted octanol–water partition coefficient (Wildman–Crippen LogP) is 2.36. The molecule has 1 unspecified atom stereocenters. The average molecular weight is 282 g/mol. The number of aliphatic hydroxyl groups excluding tert-OH is 1. The highest BCUT2D eigenvalue weighted by Gasteiger charge is 2.25. The quantitative estimate of drug-likeness (QED) is 0.894. The third kappa shape index (κ3) is 3.94. The fraction of sp³-hybridized carbons (Fsp3) is 0.643. The number of carbonyl (C=O) groups is 1. The molecule has 1 aromatic rings. The van der Waals surface area contributed by atoms with E-state index in [9.17, 15) is 9.90 Å². The van der Waals surface area contributed by atoms with Crippen LogP contribution in [0.5, 0.6) is 0 Å². The fourth-order valence-electron chi connectivity index (χ4n) is 2.44. The van der Waals surface area contributed by atoms with Gasteiger partial charge < -0.3 is 15.3 Å². The lowest BCUT2D eigenvalue weighted by atomic mass is 9.92. The lowest BCUT2D eigenvalue weighted by Gasteiger charge is -2.33. The first kappa shape index (κ1) is 14.3. The molecule has 1 saturated heterocycles. The third-order valence-corrected chi connectivity index (χ3v) is 4.72. The van der Waals surface area contributed by atoms with Crippen molar-refractivity contribution in [2.75, 3.05) is 13.1 Å². The Hall–Kier alpha value is -1.07. The smallest absolute Gasteiger partial charge is 0.317 e. The van der Waals surface area contributed by atoms with Gasteiger partial charge in [0.05, 0.1) is 12.6 Å². The number of urea groups is 1. The lowest BCUT2D eigenvalue weighted by Crippen LogP contribution is -2.45. The molecule has 0 radical (unpaired) electrons. The molecule has 2 heterocycles. The van der Waals surface area contributed by atoms with Gasteiger partial charge in [0.1, 0.15) is 0 Å². The van der Waals surface area contributed by atoms with E-state index in [1.54, 1.807) is 11.3 Å². The van der Waals surface area contributed by atoms with Crippen LogP contribution < -0.4 is 5.32 Å². The van der Waals surface area contributed by atoms with E-state index in [1.807, 2.05) is 11.8 Å². The Bertz CT molecular complexity index is 423. The topological polar surface area (TPSA) is 52.6 Å². The summed E-state index contributed by atoms with van der Waals surface area (Å²) in [5, 5.41) is 12.5. The van der Waals surface area contributed by atoms with Gasteiger partial charge in [-0.2, -0.15) is 0 Å². The molecule has 1 aliphatic heterocycles. The van der Waals surface area contributed by atoms with Gasteiger partial charge in [0.2, 0.25) is 0 Å². The minimum Gasteiger partial charge on any atom is -0.393 e. The molecule has 0 bridgehead atoms. The van der Waals surface area contributed by atoms with E-state index in [1.165, 1.54) is 9.75 Å². The first-order valence-corrected chi connectivity index (χ1v) is 7.64. The summed E-state index contributed by atoms with van der Waals surface area (Å²) in [5.74, 6) is 0.337. The molecule has 1 fully saturated rings. The van der Waals surface area contributed by atoms with Crippen molar-refractivity contribution in [1.82, 2.24) is 10.2 Å². The van der Waals surface area contributed by atoms with Crippen molar-refractivity contribution in [3.63, 3.8) is 0 Å². The van der Waals surface area contributed by atoms with Crippen LogP contribution in [0.2, 0.25) is 0 Å². The van der Waals surface area contributed by atoms with Gasteiger partial charge in [-0.05, 0) is 44.7 Å². The summed E-state index contributed by atoms with van der Waals surface area (Å²) in [5.41, 5.74) is 0. The second-order valence-electron chi connectivity index (χ2n) is 5.24. The van der Waals surface area contributed by atoms with E-state index in [0.717, 1.165) is 25.9 Å². The van der Waals surface area contributed by atoms with Crippen LogP contribution in [0.1, 0.15) is 29.5 Å². The van der Waals surface area contributed by atoms with Crippen LogP contribution in [0.4, 0.5) is 4.79 Å². The molecule has 2 rings (SSSR count). The number of nitrogens with zero attached hydrogens (tertiary/aromatic N) is 1. The number of likely N-dealkylation sites (tertiary alicyclic amines) is 1. The highest BCUT2D eigenvalue weighted by molar-refractivity contribution is 7.11. The van der Waals surface area contributed by atoms with Gasteiger partial charge in [-0.3, -0.25) is 0 Å². The van der Waals surface area contributed by atoms with Crippen molar-refractivity contribution < 1.29 is 9.90 Å². The van der Waals surface area contributed by atoms with Gasteiger partial charge in [-0.15, -0.1) is 11.3 Å². The lowest BCUT2D eigenvalue weighted by molar-refractivity contribution is 0.0798. The number of nitrogens with one attached hydrogen (secondary N) is 1. The third-order valence-electron chi connectivity index (χ3n) is 3.72. The second-order valence-corrected chi connectivity index (χ2v) is 6.61. The summed E-state index contributed by atoms with van der Waals surface area (Å²) in [7, 11) is 0. The molecule has 1 aliphatic rings. The van der Waals surface area contributed by atoms with Crippen LogP contribution in [0, 0.1) is 12.8 Å². The van der Waals surface area contributed by atoms with Crippen LogP contribution in [0.15, 0.2) is 12.1 Å². The van der Waals surface area contributed by atoms with Crippen molar-refractivity contribution in [3.8, 4) is 0 Å². The zero-order valence-corrected chi connectivity index (χ0v) is 12.4.